The molecule has 0 radical (unpaired) electrons. The maximum absolute atomic E-state index is 12.4. The highest BCUT2D eigenvalue weighted by molar-refractivity contribution is 7.16. The first-order valence-electron chi connectivity index (χ1n) is 9.53. The van der Waals surface area contributed by atoms with Crippen LogP contribution in [0, 0.1) is 17.2 Å². The van der Waals surface area contributed by atoms with Gasteiger partial charge in [-0.3, -0.25) is 4.79 Å². The number of benzene rings is 1. The van der Waals surface area contributed by atoms with E-state index >= 15 is 0 Å². The number of furan rings is 1. The van der Waals surface area contributed by atoms with Gasteiger partial charge in [0.05, 0.1) is 10.6 Å². The predicted molar refractivity (Wildman–Crippen MR) is 122 cm³/mol. The number of nitrogens with zero attached hydrogens (tertiary/aromatic N) is 1. The number of amides is 1. The number of carbonyl (C=O) groups is 1. The number of halogens is 2. The van der Waals surface area contributed by atoms with Gasteiger partial charge in [-0.1, -0.05) is 30.1 Å². The summed E-state index contributed by atoms with van der Waals surface area (Å²) in [5.41, 5.74) is 2.42. The number of fused-ring (bicyclic) bond motifs is 1. The topological polar surface area (TPSA) is 66.0 Å². The quantitative estimate of drug-likeness (QED) is 0.431. The third kappa shape index (κ3) is 4.32. The van der Waals surface area contributed by atoms with E-state index in [0.717, 1.165) is 30.4 Å². The fourth-order valence-electron chi connectivity index (χ4n) is 3.54. The molecule has 30 heavy (non-hydrogen) atoms. The fraction of sp³-hybridized carbons (Fsp3) is 0.217. The summed E-state index contributed by atoms with van der Waals surface area (Å²) in [7, 11) is 0. The number of rotatable bonds is 4. The fourth-order valence-corrected chi connectivity index (χ4v) is 5.41. The summed E-state index contributed by atoms with van der Waals surface area (Å²) in [6.45, 7) is 2.21. The van der Waals surface area contributed by atoms with Gasteiger partial charge in [0.1, 0.15) is 22.6 Å². The van der Waals surface area contributed by atoms with Crippen molar-refractivity contribution in [3.8, 4) is 17.4 Å². The van der Waals surface area contributed by atoms with E-state index in [0.29, 0.717) is 38.0 Å². The average molecular weight is 457 g/mol. The molecule has 2 aromatic heterocycles. The normalized spacial score (nSPS) is 15.7. The molecule has 4 rings (SSSR count). The number of carbonyl (C=O) groups excluding carboxylic acids is 1. The monoisotopic (exact) mass is 456 g/mol. The van der Waals surface area contributed by atoms with Crippen LogP contribution >= 0.6 is 34.5 Å². The van der Waals surface area contributed by atoms with Crippen LogP contribution in [-0.2, 0) is 17.6 Å². The summed E-state index contributed by atoms with van der Waals surface area (Å²) >= 11 is 13.7. The van der Waals surface area contributed by atoms with E-state index in [1.807, 2.05) is 0 Å². The minimum atomic E-state index is -0.305. The summed E-state index contributed by atoms with van der Waals surface area (Å²) in [4.78, 5) is 13.6. The number of anilines is 1. The Morgan fingerprint density at radius 2 is 2.17 bits per heavy atom. The molecule has 152 valence electrons. The van der Waals surface area contributed by atoms with Gasteiger partial charge in [-0.2, -0.15) is 5.26 Å². The Kier molecular flexibility index (Phi) is 6.01. The summed E-state index contributed by atoms with van der Waals surface area (Å²) in [6, 6.07) is 11.0. The van der Waals surface area contributed by atoms with Crippen molar-refractivity contribution >= 4 is 51.5 Å². The molecule has 1 N–H and O–H groups in total. The zero-order valence-electron chi connectivity index (χ0n) is 16.2. The predicted octanol–water partition coefficient (Wildman–Crippen LogP) is 6.96. The van der Waals surface area contributed by atoms with Gasteiger partial charge in [0.2, 0.25) is 5.91 Å². The number of nitrogens with one attached hydrogen (secondary N) is 1. The van der Waals surface area contributed by atoms with E-state index in [1.54, 1.807) is 36.4 Å². The van der Waals surface area contributed by atoms with Crippen molar-refractivity contribution < 1.29 is 9.21 Å². The third-order valence-corrected chi connectivity index (χ3v) is 6.80. The minimum Gasteiger partial charge on any atom is -0.457 e. The number of nitriles is 1. The third-order valence-electron chi connectivity index (χ3n) is 5.08. The van der Waals surface area contributed by atoms with E-state index in [2.05, 4.69) is 18.3 Å². The van der Waals surface area contributed by atoms with Crippen LogP contribution in [0.25, 0.3) is 17.4 Å². The lowest BCUT2D eigenvalue weighted by Crippen LogP contribution is -2.10. The zero-order valence-corrected chi connectivity index (χ0v) is 18.5. The Morgan fingerprint density at radius 1 is 1.33 bits per heavy atom. The van der Waals surface area contributed by atoms with Crippen molar-refractivity contribution in [2.24, 2.45) is 5.92 Å². The molecule has 7 heteroatoms. The van der Waals surface area contributed by atoms with Gasteiger partial charge in [0.25, 0.3) is 0 Å². The van der Waals surface area contributed by atoms with Crippen molar-refractivity contribution in [3.05, 3.63) is 68.2 Å². The van der Waals surface area contributed by atoms with Gasteiger partial charge in [-0.05, 0) is 67.2 Å². The van der Waals surface area contributed by atoms with Gasteiger partial charge < -0.3 is 9.73 Å². The van der Waals surface area contributed by atoms with Gasteiger partial charge in [-0.25, -0.2) is 0 Å². The van der Waals surface area contributed by atoms with Crippen LogP contribution in [0.4, 0.5) is 5.00 Å². The molecule has 1 aliphatic rings. The average Bonchev–Trinajstić information content (AvgIpc) is 3.30. The Hall–Kier alpha value is -2.52. The van der Waals surface area contributed by atoms with Gasteiger partial charge in [0.15, 0.2) is 0 Å². The lowest BCUT2D eigenvalue weighted by atomic mass is 9.89. The molecule has 1 aliphatic carbocycles. The molecule has 0 fully saturated rings. The molecule has 0 saturated carbocycles. The van der Waals surface area contributed by atoms with Crippen molar-refractivity contribution in [1.82, 2.24) is 0 Å². The molecule has 0 saturated heterocycles. The molecule has 0 bridgehead atoms. The lowest BCUT2D eigenvalue weighted by molar-refractivity contribution is -0.111. The SMILES string of the molecule is C[C@@H]1CCc2c(sc(NC(=O)/C=C/c3ccc(-c4ccc(Cl)cc4Cl)o3)c2C#N)C1. The molecule has 0 spiro atoms. The van der Waals surface area contributed by atoms with Gasteiger partial charge >= 0.3 is 0 Å². The second-order valence-corrected chi connectivity index (χ2v) is 9.27. The van der Waals surface area contributed by atoms with E-state index in [9.17, 15) is 10.1 Å². The summed E-state index contributed by atoms with van der Waals surface area (Å²) in [5, 5.41) is 14.1. The highest BCUT2D eigenvalue weighted by Crippen LogP contribution is 2.39. The van der Waals surface area contributed by atoms with Crippen molar-refractivity contribution in [1.29, 1.82) is 5.26 Å². The standard InChI is InChI=1S/C23H18Cl2N2O2S/c1-13-2-6-16-18(12-26)23(30-21(16)10-13)27-22(28)9-5-15-4-8-20(29-15)17-7-3-14(24)11-19(17)25/h3-5,7-9,11,13H,2,6,10H2,1H3,(H,27,28)/b9-5+/t13-/m1/s1. The van der Waals surface area contributed by atoms with Gasteiger partial charge in [-0.15, -0.1) is 11.3 Å². The summed E-state index contributed by atoms with van der Waals surface area (Å²) in [5.74, 6) is 1.41. The first-order valence-corrected chi connectivity index (χ1v) is 11.1. The maximum atomic E-state index is 12.4. The Balaban J connectivity index is 1.48. The second kappa shape index (κ2) is 8.69. The lowest BCUT2D eigenvalue weighted by Gasteiger charge is -2.17. The molecule has 0 aliphatic heterocycles. The Bertz CT molecular complexity index is 1190. The molecule has 1 amide bonds. The molecular formula is C23H18Cl2N2O2S. The van der Waals surface area contributed by atoms with E-state index in [-0.39, 0.29) is 5.91 Å². The van der Waals surface area contributed by atoms with E-state index in [4.69, 9.17) is 27.6 Å². The van der Waals surface area contributed by atoms with Crippen molar-refractivity contribution in [2.45, 2.75) is 26.2 Å². The largest absolute Gasteiger partial charge is 0.457 e. The number of hydrogen-bond acceptors (Lipinski definition) is 4. The molecule has 1 aromatic carbocycles. The van der Waals surface area contributed by atoms with Gasteiger partial charge in [0, 0.05) is 21.5 Å². The van der Waals surface area contributed by atoms with Crippen molar-refractivity contribution in [3.63, 3.8) is 0 Å². The summed E-state index contributed by atoms with van der Waals surface area (Å²) in [6.07, 6.45) is 5.91. The second-order valence-electron chi connectivity index (χ2n) is 7.32. The molecule has 2 heterocycles. The van der Waals surface area contributed by atoms with Crippen LogP contribution in [-0.4, -0.2) is 5.91 Å². The molecule has 3 aromatic rings. The molecule has 1 atom stereocenters. The number of hydrogen-bond donors (Lipinski definition) is 1. The van der Waals surface area contributed by atoms with Crippen LogP contribution < -0.4 is 5.32 Å². The maximum Gasteiger partial charge on any atom is 0.249 e. The van der Waals surface area contributed by atoms with Crippen LogP contribution in [0.1, 0.15) is 35.1 Å². The highest BCUT2D eigenvalue weighted by Gasteiger charge is 2.24. The highest BCUT2D eigenvalue weighted by atomic mass is 35.5. The Labute approximate surface area is 188 Å². The van der Waals surface area contributed by atoms with Crippen LogP contribution in [0.5, 0.6) is 0 Å². The van der Waals surface area contributed by atoms with Crippen molar-refractivity contribution in [2.75, 3.05) is 5.32 Å². The summed E-state index contributed by atoms with van der Waals surface area (Å²) < 4.78 is 5.77. The van der Waals surface area contributed by atoms with E-state index in [1.165, 1.54) is 22.3 Å². The first kappa shape index (κ1) is 20.7. The Morgan fingerprint density at radius 3 is 2.93 bits per heavy atom. The molecule has 4 nitrogen and oxygen atoms in total. The van der Waals surface area contributed by atoms with E-state index < -0.39 is 0 Å². The number of thiophene rings is 1. The van der Waals surface area contributed by atoms with Crippen LogP contribution in [0.2, 0.25) is 10.0 Å². The minimum absolute atomic E-state index is 0.305. The first-order chi connectivity index (χ1) is 14.4. The zero-order chi connectivity index (χ0) is 21.3. The van der Waals surface area contributed by atoms with Crippen LogP contribution in [0.15, 0.2) is 40.8 Å². The van der Waals surface area contributed by atoms with Crippen LogP contribution in [0.3, 0.4) is 0 Å². The smallest absolute Gasteiger partial charge is 0.249 e. The molecule has 0 unspecified atom stereocenters. The molecular weight excluding hydrogens is 439 g/mol.